The summed E-state index contributed by atoms with van der Waals surface area (Å²) in [5.74, 6) is -1.69. The summed E-state index contributed by atoms with van der Waals surface area (Å²) < 4.78 is 19.4. The fraction of sp³-hybridized carbons (Fsp3) is 0.250. The number of esters is 1. The predicted molar refractivity (Wildman–Crippen MR) is 77.8 cm³/mol. The van der Waals surface area contributed by atoms with Gasteiger partial charge in [-0.1, -0.05) is 0 Å². The van der Waals surface area contributed by atoms with Crippen LogP contribution in [0.25, 0.3) is 11.3 Å². The molecular formula is C16H16FNO4. The van der Waals surface area contributed by atoms with Gasteiger partial charge in [0.15, 0.2) is 0 Å². The number of carbonyl (C=O) groups is 2. The van der Waals surface area contributed by atoms with Crippen LogP contribution in [-0.2, 0) is 27.3 Å². The Morgan fingerprint density at radius 3 is 2.45 bits per heavy atom. The first-order chi connectivity index (χ1) is 10.5. The Morgan fingerprint density at radius 2 is 1.86 bits per heavy atom. The van der Waals surface area contributed by atoms with E-state index in [1.165, 1.54) is 19.2 Å². The molecule has 0 unspecified atom stereocenters. The number of aromatic nitrogens is 1. The number of methoxy groups -OCH3 is 1. The molecule has 0 saturated heterocycles. The molecule has 0 saturated carbocycles. The number of rotatable bonds is 6. The van der Waals surface area contributed by atoms with Gasteiger partial charge < -0.3 is 14.4 Å². The molecule has 1 aromatic carbocycles. The maximum absolute atomic E-state index is 13.0. The highest BCUT2D eigenvalue weighted by Crippen LogP contribution is 2.24. The number of hydrogen-bond acceptors (Lipinski definition) is 3. The van der Waals surface area contributed by atoms with Gasteiger partial charge in [0.1, 0.15) is 12.4 Å². The van der Waals surface area contributed by atoms with Crippen molar-refractivity contribution in [2.24, 2.45) is 0 Å². The van der Waals surface area contributed by atoms with Crippen molar-refractivity contribution in [2.45, 2.75) is 19.4 Å². The van der Waals surface area contributed by atoms with Crippen LogP contribution in [0.15, 0.2) is 36.4 Å². The van der Waals surface area contributed by atoms with E-state index in [0.717, 1.165) is 5.56 Å². The highest BCUT2D eigenvalue weighted by molar-refractivity contribution is 5.72. The van der Waals surface area contributed by atoms with Crippen LogP contribution in [0.4, 0.5) is 4.39 Å². The van der Waals surface area contributed by atoms with Gasteiger partial charge in [-0.3, -0.25) is 9.59 Å². The van der Waals surface area contributed by atoms with Gasteiger partial charge in [-0.05, 0) is 48.4 Å². The summed E-state index contributed by atoms with van der Waals surface area (Å²) in [5.41, 5.74) is 2.17. The van der Waals surface area contributed by atoms with E-state index >= 15 is 0 Å². The van der Waals surface area contributed by atoms with E-state index in [1.54, 1.807) is 28.8 Å². The molecule has 22 heavy (non-hydrogen) atoms. The first-order valence-electron chi connectivity index (χ1n) is 6.74. The molecule has 0 fully saturated rings. The average molecular weight is 305 g/mol. The first kappa shape index (κ1) is 15.8. The van der Waals surface area contributed by atoms with E-state index in [2.05, 4.69) is 4.74 Å². The predicted octanol–water partition coefficient (Wildman–Crippen LogP) is 2.48. The van der Waals surface area contributed by atoms with Crippen molar-refractivity contribution >= 4 is 11.9 Å². The molecule has 0 aliphatic heterocycles. The first-order valence-corrected chi connectivity index (χ1v) is 6.74. The Balaban J connectivity index is 2.37. The van der Waals surface area contributed by atoms with Gasteiger partial charge in [0.2, 0.25) is 0 Å². The lowest BCUT2D eigenvalue weighted by molar-refractivity contribution is -0.141. The van der Waals surface area contributed by atoms with Crippen molar-refractivity contribution in [1.82, 2.24) is 4.57 Å². The quantitative estimate of drug-likeness (QED) is 0.833. The Kier molecular flexibility index (Phi) is 4.93. The number of aliphatic carboxylic acids is 1. The maximum Gasteiger partial charge on any atom is 0.325 e. The van der Waals surface area contributed by atoms with Crippen molar-refractivity contribution in [2.75, 3.05) is 7.11 Å². The minimum absolute atomic E-state index is 0.0227. The second-order valence-corrected chi connectivity index (χ2v) is 4.77. The number of halogens is 1. The normalized spacial score (nSPS) is 10.5. The Hall–Kier alpha value is -2.63. The van der Waals surface area contributed by atoms with Gasteiger partial charge >= 0.3 is 11.9 Å². The number of hydrogen-bond donors (Lipinski definition) is 1. The van der Waals surface area contributed by atoms with Crippen molar-refractivity contribution in [3.05, 3.63) is 47.9 Å². The van der Waals surface area contributed by atoms with Crippen LogP contribution in [0.1, 0.15) is 12.1 Å². The second kappa shape index (κ2) is 6.89. The Labute approximate surface area is 126 Å². The molecule has 2 aromatic rings. The third-order valence-electron chi connectivity index (χ3n) is 3.32. The molecule has 0 aliphatic rings. The third-order valence-corrected chi connectivity index (χ3v) is 3.32. The summed E-state index contributed by atoms with van der Waals surface area (Å²) in [5, 5.41) is 8.81. The minimum Gasteiger partial charge on any atom is -0.481 e. The van der Waals surface area contributed by atoms with Gasteiger partial charge in [-0.15, -0.1) is 0 Å². The monoisotopic (exact) mass is 305 g/mol. The molecule has 1 N–H and O–H groups in total. The van der Waals surface area contributed by atoms with Crippen LogP contribution < -0.4 is 0 Å². The van der Waals surface area contributed by atoms with E-state index in [1.807, 2.05) is 0 Å². The molecule has 5 nitrogen and oxygen atoms in total. The number of ether oxygens (including phenoxy) is 1. The standard InChI is InChI=1S/C16H16FNO4/c1-22-16(21)10-18-13(7-9-15(19)20)6-8-14(18)11-2-4-12(17)5-3-11/h2-6,8H,7,9-10H2,1H3,(H,19,20). The molecule has 0 aliphatic carbocycles. The van der Waals surface area contributed by atoms with E-state index < -0.39 is 11.9 Å². The Morgan fingerprint density at radius 1 is 1.18 bits per heavy atom. The number of aryl methyl sites for hydroxylation is 1. The zero-order valence-corrected chi connectivity index (χ0v) is 12.1. The highest BCUT2D eigenvalue weighted by atomic mass is 19.1. The van der Waals surface area contributed by atoms with Crippen molar-refractivity contribution in [1.29, 1.82) is 0 Å². The van der Waals surface area contributed by atoms with E-state index in [4.69, 9.17) is 5.11 Å². The lowest BCUT2D eigenvalue weighted by atomic mass is 10.1. The van der Waals surface area contributed by atoms with Crippen LogP contribution in [0.5, 0.6) is 0 Å². The van der Waals surface area contributed by atoms with Crippen molar-refractivity contribution < 1.29 is 23.8 Å². The second-order valence-electron chi connectivity index (χ2n) is 4.77. The fourth-order valence-corrected chi connectivity index (χ4v) is 2.22. The zero-order chi connectivity index (χ0) is 16.1. The van der Waals surface area contributed by atoms with Crippen LogP contribution in [0.3, 0.4) is 0 Å². The van der Waals surface area contributed by atoms with Gasteiger partial charge in [-0.25, -0.2) is 4.39 Å². The number of carboxylic acid groups (broad SMARTS) is 1. The zero-order valence-electron chi connectivity index (χ0n) is 12.1. The summed E-state index contributed by atoms with van der Waals surface area (Å²) in [4.78, 5) is 22.3. The molecule has 1 aromatic heterocycles. The van der Waals surface area contributed by atoms with Crippen LogP contribution in [-0.4, -0.2) is 28.7 Å². The SMILES string of the molecule is COC(=O)Cn1c(CCC(=O)O)ccc1-c1ccc(F)cc1. The molecule has 0 bridgehead atoms. The molecule has 2 rings (SSSR count). The molecule has 1 heterocycles. The van der Waals surface area contributed by atoms with Crippen LogP contribution >= 0.6 is 0 Å². The summed E-state index contributed by atoms with van der Waals surface area (Å²) in [6, 6.07) is 9.44. The van der Waals surface area contributed by atoms with Crippen molar-refractivity contribution in [3.63, 3.8) is 0 Å². The summed E-state index contributed by atoms with van der Waals surface area (Å²) in [7, 11) is 1.29. The maximum atomic E-state index is 13.0. The molecule has 116 valence electrons. The van der Waals surface area contributed by atoms with Gasteiger partial charge in [0.25, 0.3) is 0 Å². The summed E-state index contributed by atoms with van der Waals surface area (Å²) >= 11 is 0. The lowest BCUT2D eigenvalue weighted by Crippen LogP contribution is -2.15. The molecule has 0 spiro atoms. The number of benzene rings is 1. The highest BCUT2D eigenvalue weighted by Gasteiger charge is 2.14. The van der Waals surface area contributed by atoms with E-state index in [0.29, 0.717) is 17.8 Å². The number of nitrogens with zero attached hydrogens (tertiary/aromatic N) is 1. The van der Waals surface area contributed by atoms with Gasteiger partial charge in [0.05, 0.1) is 13.5 Å². The largest absolute Gasteiger partial charge is 0.481 e. The van der Waals surface area contributed by atoms with Gasteiger partial charge in [0, 0.05) is 11.4 Å². The molecule has 0 radical (unpaired) electrons. The summed E-state index contributed by atoms with van der Waals surface area (Å²) in [6.07, 6.45) is 0.265. The van der Waals surface area contributed by atoms with E-state index in [9.17, 15) is 14.0 Å². The molecular weight excluding hydrogens is 289 g/mol. The fourth-order valence-electron chi connectivity index (χ4n) is 2.22. The number of carbonyl (C=O) groups excluding carboxylic acids is 1. The minimum atomic E-state index is -0.908. The topological polar surface area (TPSA) is 68.5 Å². The van der Waals surface area contributed by atoms with Gasteiger partial charge in [-0.2, -0.15) is 0 Å². The molecule has 0 atom stereocenters. The smallest absolute Gasteiger partial charge is 0.325 e. The summed E-state index contributed by atoms with van der Waals surface area (Å²) in [6.45, 7) is -0.0227. The molecule has 6 heteroatoms. The average Bonchev–Trinajstić information content (AvgIpc) is 2.88. The molecule has 0 amide bonds. The lowest BCUT2D eigenvalue weighted by Gasteiger charge is -2.12. The Bertz CT molecular complexity index is 676. The van der Waals surface area contributed by atoms with Crippen molar-refractivity contribution in [3.8, 4) is 11.3 Å². The van der Waals surface area contributed by atoms with Crippen LogP contribution in [0, 0.1) is 5.82 Å². The van der Waals surface area contributed by atoms with E-state index in [-0.39, 0.29) is 18.8 Å². The number of carboxylic acids is 1. The van der Waals surface area contributed by atoms with Crippen LogP contribution in [0.2, 0.25) is 0 Å². The third kappa shape index (κ3) is 3.72.